The molecule has 0 spiro atoms. The first-order valence-electron chi connectivity index (χ1n) is 12.1. The van der Waals surface area contributed by atoms with Crippen molar-refractivity contribution in [1.82, 2.24) is 14.5 Å². The van der Waals surface area contributed by atoms with Crippen LogP contribution >= 0.6 is 0 Å². The summed E-state index contributed by atoms with van der Waals surface area (Å²) in [6, 6.07) is 24.3. The molecule has 0 unspecified atom stereocenters. The highest BCUT2D eigenvalue weighted by Gasteiger charge is 2.18. The molecule has 0 saturated carbocycles. The van der Waals surface area contributed by atoms with E-state index in [-0.39, 0.29) is 11.9 Å². The summed E-state index contributed by atoms with van der Waals surface area (Å²) in [6.45, 7) is 4.70. The summed E-state index contributed by atoms with van der Waals surface area (Å²) >= 11 is 0. The Kier molecular flexibility index (Phi) is 6.75. The Balaban J connectivity index is 1.38. The van der Waals surface area contributed by atoms with Gasteiger partial charge in [-0.2, -0.15) is 0 Å². The molecule has 3 N–H and O–H groups in total. The van der Waals surface area contributed by atoms with Crippen molar-refractivity contribution in [3.8, 4) is 16.8 Å². The van der Waals surface area contributed by atoms with Crippen LogP contribution in [0.2, 0.25) is 0 Å². The molecular formula is C29H31N5O. The standard InChI is InChI=1S/C29H31N5O/c1-21-17-34(20-31-21)28-15-22(18-33-13-5-8-26(30)19-33)14-27(16-28)32-29(35)25-11-9-24(10-12-25)23-6-3-2-4-7-23/h2-4,6-7,9-12,14-17,20,26H,5,8,13,18-19,30H2,1H3,(H,32,35)/t26-/m0/s1. The quantitative estimate of drug-likeness (QED) is 0.419. The number of rotatable bonds is 6. The number of nitrogens with one attached hydrogen (secondary N) is 1. The molecule has 1 atom stereocenters. The van der Waals surface area contributed by atoms with Crippen molar-refractivity contribution >= 4 is 11.6 Å². The van der Waals surface area contributed by atoms with Gasteiger partial charge in [0.2, 0.25) is 0 Å². The van der Waals surface area contributed by atoms with E-state index in [1.165, 1.54) is 0 Å². The molecule has 178 valence electrons. The van der Waals surface area contributed by atoms with Gasteiger partial charge >= 0.3 is 0 Å². The van der Waals surface area contributed by atoms with Crippen LogP contribution in [0.5, 0.6) is 0 Å². The molecule has 1 aliphatic rings. The van der Waals surface area contributed by atoms with Crippen LogP contribution in [0.1, 0.15) is 34.5 Å². The van der Waals surface area contributed by atoms with Gasteiger partial charge in [0.25, 0.3) is 5.91 Å². The smallest absolute Gasteiger partial charge is 0.255 e. The second-order valence-corrected chi connectivity index (χ2v) is 9.35. The lowest BCUT2D eigenvalue weighted by molar-refractivity contribution is 0.102. The van der Waals surface area contributed by atoms with Crippen molar-refractivity contribution in [2.45, 2.75) is 32.4 Å². The zero-order valence-electron chi connectivity index (χ0n) is 20.0. The predicted molar refractivity (Wildman–Crippen MR) is 141 cm³/mol. The van der Waals surface area contributed by atoms with Crippen molar-refractivity contribution in [2.24, 2.45) is 5.73 Å². The minimum absolute atomic E-state index is 0.130. The first-order chi connectivity index (χ1) is 17.0. The molecule has 1 aromatic heterocycles. The lowest BCUT2D eigenvalue weighted by Gasteiger charge is -2.30. The number of imidazole rings is 1. The Morgan fingerprint density at radius 2 is 1.83 bits per heavy atom. The number of anilines is 1. The van der Waals surface area contributed by atoms with E-state index in [0.29, 0.717) is 5.56 Å². The van der Waals surface area contributed by atoms with Crippen molar-refractivity contribution < 1.29 is 4.79 Å². The Hall–Kier alpha value is -3.74. The van der Waals surface area contributed by atoms with Crippen LogP contribution in [-0.2, 0) is 6.54 Å². The van der Waals surface area contributed by atoms with Crippen LogP contribution in [0, 0.1) is 6.92 Å². The maximum Gasteiger partial charge on any atom is 0.255 e. The number of aromatic nitrogens is 2. The summed E-state index contributed by atoms with van der Waals surface area (Å²) in [5.41, 5.74) is 12.9. The summed E-state index contributed by atoms with van der Waals surface area (Å²) in [7, 11) is 0. The SMILES string of the molecule is Cc1cn(-c2cc(CN3CCC[C@H](N)C3)cc(NC(=O)c3ccc(-c4ccccc4)cc3)c2)cn1. The van der Waals surface area contributed by atoms with E-state index in [2.05, 4.69) is 39.5 Å². The molecule has 35 heavy (non-hydrogen) atoms. The van der Waals surface area contributed by atoms with E-state index in [4.69, 9.17) is 5.73 Å². The number of carbonyl (C=O) groups excluding carboxylic acids is 1. The van der Waals surface area contributed by atoms with Gasteiger partial charge in [-0.25, -0.2) is 4.98 Å². The van der Waals surface area contributed by atoms with Crippen LogP contribution < -0.4 is 11.1 Å². The number of hydrogen-bond donors (Lipinski definition) is 2. The zero-order valence-corrected chi connectivity index (χ0v) is 20.0. The van der Waals surface area contributed by atoms with Gasteiger partial charge in [0.1, 0.15) is 0 Å². The lowest BCUT2D eigenvalue weighted by Crippen LogP contribution is -2.42. The molecule has 0 bridgehead atoms. The summed E-state index contributed by atoms with van der Waals surface area (Å²) in [5, 5.41) is 3.10. The molecule has 6 heteroatoms. The number of hydrogen-bond acceptors (Lipinski definition) is 4. The Bertz CT molecular complexity index is 1300. The van der Waals surface area contributed by atoms with E-state index in [0.717, 1.165) is 66.2 Å². The Morgan fingerprint density at radius 1 is 1.06 bits per heavy atom. The van der Waals surface area contributed by atoms with Gasteiger partial charge in [-0.1, -0.05) is 42.5 Å². The number of nitrogens with zero attached hydrogens (tertiary/aromatic N) is 3. The summed E-state index contributed by atoms with van der Waals surface area (Å²) in [6.07, 6.45) is 5.99. The van der Waals surface area contributed by atoms with E-state index in [9.17, 15) is 4.79 Å². The molecule has 3 aromatic carbocycles. The average Bonchev–Trinajstić information content (AvgIpc) is 3.31. The number of carbonyl (C=O) groups is 1. The van der Waals surface area contributed by atoms with Crippen molar-refractivity contribution in [3.63, 3.8) is 0 Å². The zero-order chi connectivity index (χ0) is 24.2. The van der Waals surface area contributed by atoms with E-state index >= 15 is 0 Å². The minimum atomic E-state index is -0.130. The van der Waals surface area contributed by atoms with Gasteiger partial charge in [-0.15, -0.1) is 0 Å². The second kappa shape index (κ2) is 10.3. The fourth-order valence-electron chi connectivity index (χ4n) is 4.69. The maximum atomic E-state index is 13.1. The third-order valence-electron chi connectivity index (χ3n) is 6.45. The van der Waals surface area contributed by atoms with Crippen LogP contribution in [0.4, 0.5) is 5.69 Å². The van der Waals surface area contributed by atoms with Crippen LogP contribution in [0.15, 0.2) is 85.3 Å². The molecule has 0 aliphatic carbocycles. The molecule has 1 saturated heterocycles. The summed E-state index contributed by atoms with van der Waals surface area (Å²) in [5.74, 6) is -0.130. The van der Waals surface area contributed by atoms with E-state index in [1.54, 1.807) is 6.33 Å². The fourth-order valence-corrected chi connectivity index (χ4v) is 4.69. The molecule has 0 radical (unpaired) electrons. The fraction of sp³-hybridized carbons (Fsp3) is 0.241. The van der Waals surface area contributed by atoms with Gasteiger partial charge < -0.3 is 15.6 Å². The number of benzene rings is 3. The number of likely N-dealkylation sites (tertiary alicyclic amines) is 1. The first-order valence-corrected chi connectivity index (χ1v) is 12.1. The van der Waals surface area contributed by atoms with Gasteiger partial charge in [-0.3, -0.25) is 9.69 Å². The number of amides is 1. The number of aryl methyl sites for hydroxylation is 1. The Labute approximate surface area is 206 Å². The predicted octanol–water partition coefficient (Wildman–Crippen LogP) is 5.02. The molecule has 1 amide bonds. The van der Waals surface area contributed by atoms with Crippen LogP contribution in [0.25, 0.3) is 16.8 Å². The highest BCUT2D eigenvalue weighted by atomic mass is 16.1. The monoisotopic (exact) mass is 465 g/mol. The molecule has 1 aliphatic heterocycles. The highest BCUT2D eigenvalue weighted by Crippen LogP contribution is 2.23. The number of nitrogens with two attached hydrogens (primary N) is 1. The van der Waals surface area contributed by atoms with Gasteiger partial charge in [0.05, 0.1) is 12.0 Å². The maximum absolute atomic E-state index is 13.1. The normalized spacial score (nSPS) is 16.2. The second-order valence-electron chi connectivity index (χ2n) is 9.35. The average molecular weight is 466 g/mol. The molecule has 1 fully saturated rings. The van der Waals surface area contributed by atoms with Crippen LogP contribution in [-0.4, -0.2) is 39.5 Å². The first kappa shape index (κ1) is 23.0. The minimum Gasteiger partial charge on any atom is -0.327 e. The van der Waals surface area contributed by atoms with Gasteiger partial charge in [0, 0.05) is 42.3 Å². The van der Waals surface area contributed by atoms with Crippen molar-refractivity contribution in [3.05, 3.63) is 102 Å². The van der Waals surface area contributed by atoms with Crippen LogP contribution in [0.3, 0.4) is 0 Å². The van der Waals surface area contributed by atoms with Gasteiger partial charge in [-0.05, 0) is 73.3 Å². The molecule has 5 rings (SSSR count). The number of piperidine rings is 1. The van der Waals surface area contributed by atoms with Crippen molar-refractivity contribution in [2.75, 3.05) is 18.4 Å². The van der Waals surface area contributed by atoms with Gasteiger partial charge in [0.15, 0.2) is 0 Å². The molecular weight excluding hydrogens is 434 g/mol. The summed E-state index contributed by atoms with van der Waals surface area (Å²) in [4.78, 5) is 19.9. The third-order valence-corrected chi connectivity index (χ3v) is 6.45. The topological polar surface area (TPSA) is 76.2 Å². The third kappa shape index (κ3) is 5.67. The largest absolute Gasteiger partial charge is 0.327 e. The molecule has 6 nitrogen and oxygen atoms in total. The molecule has 2 heterocycles. The lowest BCUT2D eigenvalue weighted by atomic mass is 10.0. The highest BCUT2D eigenvalue weighted by molar-refractivity contribution is 6.04. The Morgan fingerprint density at radius 3 is 2.54 bits per heavy atom. The molecule has 4 aromatic rings. The summed E-state index contributed by atoms with van der Waals surface area (Å²) < 4.78 is 1.99. The van der Waals surface area contributed by atoms with Crippen molar-refractivity contribution in [1.29, 1.82) is 0 Å². The van der Waals surface area contributed by atoms with E-state index in [1.807, 2.05) is 66.2 Å². The van der Waals surface area contributed by atoms with E-state index < -0.39 is 0 Å².